The summed E-state index contributed by atoms with van der Waals surface area (Å²) < 4.78 is 77.1. The van der Waals surface area contributed by atoms with Crippen molar-refractivity contribution in [1.82, 2.24) is 4.90 Å². The van der Waals surface area contributed by atoms with E-state index < -0.39 is 45.3 Å². The van der Waals surface area contributed by atoms with Crippen LogP contribution in [0.1, 0.15) is 24.4 Å². The summed E-state index contributed by atoms with van der Waals surface area (Å²) in [5, 5.41) is 0. The first-order valence-corrected chi connectivity index (χ1v) is 10.0. The summed E-state index contributed by atoms with van der Waals surface area (Å²) in [5.41, 5.74) is -0.396. The molecule has 1 fully saturated rings. The number of hydrogen-bond acceptors (Lipinski definition) is 3. The quantitative estimate of drug-likeness (QED) is 0.669. The maximum Gasteiger partial charge on any atom is 0.413 e. The largest absolute Gasteiger partial charge is 0.413 e. The zero-order valence-electron chi connectivity index (χ0n) is 13.2. The summed E-state index contributed by atoms with van der Waals surface area (Å²) in [7, 11) is -2.23. The van der Waals surface area contributed by atoms with Gasteiger partial charge in [0.25, 0.3) is 0 Å². The van der Waals surface area contributed by atoms with Gasteiger partial charge in [0.05, 0.1) is 16.0 Å². The van der Waals surface area contributed by atoms with E-state index in [2.05, 4.69) is 15.9 Å². The van der Waals surface area contributed by atoms with E-state index in [1.54, 1.807) is 0 Å². The first-order valence-electron chi connectivity index (χ1n) is 7.41. The lowest BCUT2D eigenvalue weighted by Gasteiger charge is -2.34. The Morgan fingerprint density at radius 1 is 1.28 bits per heavy atom. The predicted molar refractivity (Wildman–Crippen MR) is 87.0 cm³/mol. The van der Waals surface area contributed by atoms with Gasteiger partial charge in [0.1, 0.15) is 15.7 Å². The summed E-state index contributed by atoms with van der Waals surface area (Å²) in [6, 6.07) is 0.674. The van der Waals surface area contributed by atoms with Crippen molar-refractivity contribution in [2.24, 2.45) is 5.92 Å². The molecule has 140 valence electrons. The van der Waals surface area contributed by atoms with Crippen LogP contribution in [0.4, 0.5) is 17.6 Å². The molecule has 0 saturated carbocycles. The molecule has 1 unspecified atom stereocenters. The van der Waals surface area contributed by atoms with Gasteiger partial charge in [0.2, 0.25) is 5.91 Å². The average Bonchev–Trinajstić information content (AvgIpc) is 2.49. The van der Waals surface area contributed by atoms with Crippen molar-refractivity contribution in [3.63, 3.8) is 0 Å². The normalized spacial score (nSPS) is 19.4. The first-order chi connectivity index (χ1) is 11.4. The minimum absolute atomic E-state index is 0.00914. The molecular weight excluding hydrogens is 430 g/mol. The molecule has 0 aliphatic carbocycles. The van der Waals surface area contributed by atoms with Gasteiger partial charge in [-0.15, -0.1) is 0 Å². The second kappa shape index (κ2) is 7.22. The van der Waals surface area contributed by atoms with Crippen LogP contribution < -0.4 is 0 Å². The molecule has 1 saturated heterocycles. The molecule has 10 heteroatoms. The molecule has 0 aromatic heterocycles. The van der Waals surface area contributed by atoms with E-state index in [9.17, 15) is 30.8 Å². The molecule has 1 aliphatic rings. The van der Waals surface area contributed by atoms with Gasteiger partial charge in [-0.05, 0) is 46.5 Å². The van der Waals surface area contributed by atoms with E-state index in [1.165, 1.54) is 0 Å². The number of benzene rings is 1. The highest BCUT2D eigenvalue weighted by Gasteiger charge is 2.46. The minimum atomic E-state index is -4.80. The van der Waals surface area contributed by atoms with Gasteiger partial charge in [-0.3, -0.25) is 4.79 Å². The Labute approximate surface area is 151 Å². The summed E-state index contributed by atoms with van der Waals surface area (Å²) in [5.74, 6) is -2.89. The molecule has 2 rings (SSSR count). The van der Waals surface area contributed by atoms with Gasteiger partial charge in [0, 0.05) is 13.0 Å². The average molecular weight is 446 g/mol. The fourth-order valence-corrected chi connectivity index (χ4v) is 4.60. The van der Waals surface area contributed by atoms with E-state index in [-0.39, 0.29) is 28.8 Å². The van der Waals surface area contributed by atoms with Crippen molar-refractivity contribution in [1.29, 1.82) is 0 Å². The molecule has 0 N–H and O–H groups in total. The van der Waals surface area contributed by atoms with Gasteiger partial charge in [0.15, 0.2) is 6.04 Å². The van der Waals surface area contributed by atoms with Gasteiger partial charge in [-0.1, -0.05) is 6.07 Å². The van der Waals surface area contributed by atoms with Crippen LogP contribution in [-0.2, 0) is 14.6 Å². The third kappa shape index (κ3) is 4.72. The van der Waals surface area contributed by atoms with Crippen LogP contribution in [0.15, 0.2) is 22.7 Å². The Bertz CT molecular complexity index is 753. The molecular formula is C15H16BrF4NO3S. The third-order valence-corrected chi connectivity index (χ3v) is 6.57. The summed E-state index contributed by atoms with van der Waals surface area (Å²) in [6.45, 7) is 0. The molecule has 1 amide bonds. The van der Waals surface area contributed by atoms with Gasteiger partial charge >= 0.3 is 6.18 Å². The zero-order chi connectivity index (χ0) is 19.0. The first kappa shape index (κ1) is 20.2. The molecule has 1 aromatic rings. The second-order valence-electron chi connectivity index (χ2n) is 5.99. The highest BCUT2D eigenvalue weighted by Crippen LogP contribution is 2.39. The lowest BCUT2D eigenvalue weighted by molar-refractivity contribution is -0.190. The second-order valence-corrected chi connectivity index (χ2v) is 9.15. The predicted octanol–water partition coefficient (Wildman–Crippen LogP) is 3.47. The van der Waals surface area contributed by atoms with E-state index in [1.807, 2.05) is 0 Å². The Hall–Kier alpha value is -1.16. The molecule has 1 aromatic carbocycles. The smallest absolute Gasteiger partial charge is 0.330 e. The molecule has 0 bridgehead atoms. The van der Waals surface area contributed by atoms with Crippen molar-refractivity contribution in [3.05, 3.63) is 34.1 Å². The fraction of sp³-hybridized carbons (Fsp3) is 0.533. The van der Waals surface area contributed by atoms with Gasteiger partial charge in [-0.25, -0.2) is 12.8 Å². The van der Waals surface area contributed by atoms with Crippen molar-refractivity contribution >= 4 is 31.7 Å². The number of hydrogen-bond donors (Lipinski definition) is 0. The summed E-state index contributed by atoms with van der Waals surface area (Å²) in [4.78, 5) is 13.0. The van der Waals surface area contributed by atoms with Crippen molar-refractivity contribution in [3.8, 4) is 0 Å². The van der Waals surface area contributed by atoms with E-state index in [4.69, 9.17) is 0 Å². The molecule has 1 atom stereocenters. The number of sulfone groups is 1. The molecule has 0 radical (unpaired) electrons. The lowest BCUT2D eigenvalue weighted by atomic mass is 9.98. The maximum absolute atomic E-state index is 13.6. The number of carbonyl (C=O) groups is 1. The van der Waals surface area contributed by atoms with E-state index >= 15 is 0 Å². The molecule has 1 aliphatic heterocycles. The van der Waals surface area contributed by atoms with Crippen LogP contribution in [0, 0.1) is 11.7 Å². The topological polar surface area (TPSA) is 54.5 Å². The number of rotatable bonds is 3. The standard InChI is InChI=1S/C15H16BrF4NO3S/c1-21(14(22)9-4-6-25(23,24)7-5-9)13(15(18,19)20)10-2-3-11(16)12(17)8-10/h2-3,8-9,13H,4-7H2,1H3. The Kier molecular flexibility index (Phi) is 5.82. The monoisotopic (exact) mass is 445 g/mol. The van der Waals surface area contributed by atoms with Crippen LogP contribution in [0.3, 0.4) is 0 Å². The molecule has 4 nitrogen and oxygen atoms in total. The minimum Gasteiger partial charge on any atom is -0.330 e. The number of carbonyl (C=O) groups excluding carboxylic acids is 1. The van der Waals surface area contributed by atoms with Crippen LogP contribution in [0.2, 0.25) is 0 Å². The van der Waals surface area contributed by atoms with E-state index in [0.29, 0.717) is 4.90 Å². The van der Waals surface area contributed by atoms with Crippen molar-refractivity contribution in [2.45, 2.75) is 25.1 Å². The van der Waals surface area contributed by atoms with Gasteiger partial charge in [-0.2, -0.15) is 13.2 Å². The summed E-state index contributed by atoms with van der Waals surface area (Å²) in [6.07, 6.45) is -4.82. The summed E-state index contributed by atoms with van der Waals surface area (Å²) >= 11 is 2.87. The zero-order valence-corrected chi connectivity index (χ0v) is 15.6. The number of alkyl halides is 3. The maximum atomic E-state index is 13.6. The Balaban J connectivity index is 2.28. The highest BCUT2D eigenvalue weighted by atomic mass is 79.9. The highest BCUT2D eigenvalue weighted by molar-refractivity contribution is 9.10. The van der Waals surface area contributed by atoms with Crippen LogP contribution in [0.25, 0.3) is 0 Å². The number of amides is 1. The fourth-order valence-electron chi connectivity index (χ4n) is 2.87. The Morgan fingerprint density at radius 2 is 1.84 bits per heavy atom. The van der Waals surface area contributed by atoms with Crippen LogP contribution in [-0.4, -0.2) is 44.0 Å². The van der Waals surface area contributed by atoms with Crippen molar-refractivity contribution < 1.29 is 30.8 Å². The Morgan fingerprint density at radius 3 is 2.32 bits per heavy atom. The number of nitrogens with zero attached hydrogens (tertiary/aromatic N) is 1. The van der Waals surface area contributed by atoms with Gasteiger partial charge < -0.3 is 4.90 Å². The number of halogens is 5. The van der Waals surface area contributed by atoms with Crippen LogP contribution in [0.5, 0.6) is 0 Å². The molecule has 1 heterocycles. The SMILES string of the molecule is CN(C(=O)C1CCS(=O)(=O)CC1)C(c1ccc(Br)c(F)c1)C(F)(F)F. The molecule has 0 spiro atoms. The van der Waals surface area contributed by atoms with Crippen LogP contribution >= 0.6 is 15.9 Å². The van der Waals surface area contributed by atoms with Crippen molar-refractivity contribution in [2.75, 3.05) is 18.6 Å². The lowest BCUT2D eigenvalue weighted by Crippen LogP contribution is -2.44. The third-order valence-electron chi connectivity index (χ3n) is 4.21. The molecule has 25 heavy (non-hydrogen) atoms. The van der Waals surface area contributed by atoms with E-state index in [0.717, 1.165) is 25.2 Å².